The zero-order valence-corrected chi connectivity index (χ0v) is 17.4. The number of carbonyl (C=O) groups is 2. The van der Waals surface area contributed by atoms with Gasteiger partial charge in [0.2, 0.25) is 11.0 Å². The minimum Gasteiger partial charge on any atom is -0.438 e. The fraction of sp³-hybridized carbons (Fsp3) is 0.333. The van der Waals surface area contributed by atoms with Crippen LogP contribution in [0.15, 0.2) is 39.8 Å². The molecule has 3 N–H and O–H groups in total. The van der Waals surface area contributed by atoms with Gasteiger partial charge in [0, 0.05) is 43.5 Å². The molecule has 0 saturated carbocycles. The first-order valence-electron chi connectivity index (χ1n) is 9.25. The number of nitro benzene ring substituents is 1. The fourth-order valence-electron chi connectivity index (χ4n) is 3.13. The first-order valence-corrected chi connectivity index (χ1v) is 10.7. The molecule has 1 aromatic carbocycles. The Morgan fingerprint density at radius 1 is 1.19 bits per heavy atom. The summed E-state index contributed by atoms with van der Waals surface area (Å²) >= 11 is 0. The van der Waals surface area contributed by atoms with Crippen LogP contribution in [0.4, 0.5) is 11.4 Å². The molecular formula is C18H21N5O7S. The average Bonchev–Trinajstić information content (AvgIpc) is 3.21. The lowest BCUT2D eigenvalue weighted by atomic mass is 10.2. The molecule has 0 radical (unpaired) electrons. The van der Waals surface area contributed by atoms with Crippen LogP contribution in [0.2, 0.25) is 0 Å². The van der Waals surface area contributed by atoms with Crippen molar-refractivity contribution < 1.29 is 27.3 Å². The van der Waals surface area contributed by atoms with E-state index in [1.54, 1.807) is 24.0 Å². The molecule has 0 atom stereocenters. The maximum atomic E-state index is 12.6. The summed E-state index contributed by atoms with van der Waals surface area (Å²) in [7, 11) is -3.92. The number of nitrogens with one attached hydrogen (secondary N) is 1. The maximum absolute atomic E-state index is 12.6. The molecule has 0 unspecified atom stereocenters. The van der Waals surface area contributed by atoms with E-state index in [1.807, 2.05) is 0 Å². The van der Waals surface area contributed by atoms with Crippen LogP contribution in [0.1, 0.15) is 16.1 Å². The second-order valence-corrected chi connectivity index (χ2v) is 8.84. The van der Waals surface area contributed by atoms with Gasteiger partial charge in [-0.15, -0.1) is 0 Å². The molecule has 1 saturated heterocycles. The fourth-order valence-corrected chi connectivity index (χ4v) is 4.47. The van der Waals surface area contributed by atoms with Gasteiger partial charge in [-0.05, 0) is 25.1 Å². The van der Waals surface area contributed by atoms with Crippen molar-refractivity contribution in [2.45, 2.75) is 12.0 Å². The quantitative estimate of drug-likeness (QED) is 0.454. The van der Waals surface area contributed by atoms with E-state index in [4.69, 9.17) is 10.2 Å². The van der Waals surface area contributed by atoms with E-state index in [9.17, 15) is 28.1 Å². The summed E-state index contributed by atoms with van der Waals surface area (Å²) in [5.74, 6) is -1.48. The monoisotopic (exact) mass is 451 g/mol. The summed E-state index contributed by atoms with van der Waals surface area (Å²) in [6.45, 7) is 2.45. The molecule has 2 amide bonds. The van der Waals surface area contributed by atoms with Gasteiger partial charge in [0.1, 0.15) is 0 Å². The number of sulfonamides is 1. The summed E-state index contributed by atoms with van der Waals surface area (Å²) in [5.41, 5.74) is 5.79. The average molecular weight is 451 g/mol. The number of rotatable bonds is 7. The topological polar surface area (TPSA) is 169 Å². The molecule has 2 aromatic rings. The number of carbonyl (C=O) groups excluding carboxylic acids is 2. The SMILES string of the molecule is Cc1ccc(NC(=O)CN2CCN(S(=O)(=O)c3ccc(C(N)=O)o3)CC2)cc1[N+](=O)[O-]. The molecule has 1 aliphatic rings. The van der Waals surface area contributed by atoms with Crippen molar-refractivity contribution in [2.24, 2.45) is 5.73 Å². The van der Waals surface area contributed by atoms with E-state index >= 15 is 0 Å². The van der Waals surface area contributed by atoms with E-state index in [2.05, 4.69) is 5.32 Å². The number of anilines is 1. The molecule has 1 aliphatic heterocycles. The van der Waals surface area contributed by atoms with E-state index in [-0.39, 0.29) is 42.1 Å². The summed E-state index contributed by atoms with van der Waals surface area (Å²) in [6, 6.07) is 6.80. The number of hydrogen-bond acceptors (Lipinski definition) is 8. The Balaban J connectivity index is 1.56. The molecule has 13 heteroatoms. The van der Waals surface area contributed by atoms with Gasteiger partial charge in [0.15, 0.2) is 5.76 Å². The van der Waals surface area contributed by atoms with Crippen LogP contribution in [0, 0.1) is 17.0 Å². The Labute approximate surface area is 177 Å². The van der Waals surface area contributed by atoms with Crippen molar-refractivity contribution in [3.05, 3.63) is 51.8 Å². The van der Waals surface area contributed by atoms with E-state index in [1.165, 1.54) is 22.5 Å². The second-order valence-electron chi connectivity index (χ2n) is 6.97. The summed E-state index contributed by atoms with van der Waals surface area (Å²) < 4.78 is 31.5. The van der Waals surface area contributed by atoms with Crippen LogP contribution in [0.5, 0.6) is 0 Å². The number of nitrogens with two attached hydrogens (primary N) is 1. The lowest BCUT2D eigenvalue weighted by Crippen LogP contribution is -2.50. The summed E-state index contributed by atoms with van der Waals surface area (Å²) in [6.07, 6.45) is 0. The van der Waals surface area contributed by atoms with Crippen LogP contribution in [0.25, 0.3) is 0 Å². The van der Waals surface area contributed by atoms with Gasteiger partial charge >= 0.3 is 0 Å². The van der Waals surface area contributed by atoms with Crippen molar-refractivity contribution in [1.82, 2.24) is 9.21 Å². The van der Waals surface area contributed by atoms with Gasteiger partial charge in [-0.3, -0.25) is 24.6 Å². The Morgan fingerprint density at radius 2 is 1.87 bits per heavy atom. The van der Waals surface area contributed by atoms with Crippen LogP contribution >= 0.6 is 0 Å². The van der Waals surface area contributed by atoms with Crippen molar-refractivity contribution in [3.63, 3.8) is 0 Å². The molecule has 31 heavy (non-hydrogen) atoms. The zero-order chi connectivity index (χ0) is 22.8. The molecule has 3 rings (SSSR count). The van der Waals surface area contributed by atoms with Gasteiger partial charge in [-0.1, -0.05) is 6.07 Å². The number of nitro groups is 1. The summed E-state index contributed by atoms with van der Waals surface area (Å²) in [5, 5.41) is 13.3. The number of aryl methyl sites for hydroxylation is 1. The second kappa shape index (κ2) is 8.83. The Morgan fingerprint density at radius 3 is 2.45 bits per heavy atom. The zero-order valence-electron chi connectivity index (χ0n) is 16.6. The van der Waals surface area contributed by atoms with E-state index in [0.717, 1.165) is 0 Å². The number of piperazine rings is 1. The standard InChI is InChI=1S/C18H21N5O7S/c1-12-2-3-13(10-14(12)23(26)27)20-16(24)11-21-6-8-22(9-7-21)31(28,29)17-5-4-15(30-17)18(19)25/h2-5,10H,6-9,11H2,1H3,(H2,19,25)(H,20,24). The third kappa shape index (κ3) is 5.07. The predicted molar refractivity (Wildman–Crippen MR) is 109 cm³/mol. The number of primary amides is 1. The lowest BCUT2D eigenvalue weighted by molar-refractivity contribution is -0.385. The molecule has 0 spiro atoms. The van der Waals surface area contributed by atoms with Crippen molar-refractivity contribution in [3.8, 4) is 0 Å². The third-order valence-corrected chi connectivity index (χ3v) is 6.58. The van der Waals surface area contributed by atoms with Crippen molar-refractivity contribution >= 4 is 33.2 Å². The number of amides is 2. The maximum Gasteiger partial charge on any atom is 0.284 e. The normalized spacial score (nSPS) is 15.5. The highest BCUT2D eigenvalue weighted by molar-refractivity contribution is 7.89. The highest BCUT2D eigenvalue weighted by Crippen LogP contribution is 2.23. The van der Waals surface area contributed by atoms with Crippen molar-refractivity contribution in [2.75, 3.05) is 38.0 Å². The number of benzene rings is 1. The predicted octanol–water partition coefficient (Wildman–Crippen LogP) is 0.540. The Kier molecular flexibility index (Phi) is 6.38. The highest BCUT2D eigenvalue weighted by Gasteiger charge is 2.31. The lowest BCUT2D eigenvalue weighted by Gasteiger charge is -2.32. The minimum absolute atomic E-state index is 0.00212. The Bertz CT molecular complexity index is 1120. The smallest absolute Gasteiger partial charge is 0.284 e. The molecule has 166 valence electrons. The third-order valence-electron chi connectivity index (χ3n) is 4.81. The summed E-state index contributed by atoms with van der Waals surface area (Å²) in [4.78, 5) is 35.7. The minimum atomic E-state index is -3.92. The number of hydrogen-bond donors (Lipinski definition) is 2. The van der Waals surface area contributed by atoms with E-state index in [0.29, 0.717) is 24.3 Å². The molecule has 12 nitrogen and oxygen atoms in total. The van der Waals surface area contributed by atoms with Crippen LogP contribution in [-0.2, 0) is 14.8 Å². The van der Waals surface area contributed by atoms with Gasteiger partial charge in [-0.2, -0.15) is 4.31 Å². The van der Waals surface area contributed by atoms with Crippen molar-refractivity contribution in [1.29, 1.82) is 0 Å². The van der Waals surface area contributed by atoms with Gasteiger partial charge in [-0.25, -0.2) is 8.42 Å². The molecule has 1 fully saturated rings. The van der Waals surface area contributed by atoms with Gasteiger partial charge in [0.25, 0.3) is 21.6 Å². The first kappa shape index (κ1) is 22.4. The molecule has 0 aliphatic carbocycles. The van der Waals surface area contributed by atoms with Crippen LogP contribution < -0.4 is 11.1 Å². The largest absolute Gasteiger partial charge is 0.438 e. The molecule has 0 bridgehead atoms. The number of furan rings is 1. The Hall–Kier alpha value is -3.29. The van der Waals surface area contributed by atoms with Gasteiger partial charge < -0.3 is 15.5 Å². The van der Waals surface area contributed by atoms with Crippen LogP contribution in [0.3, 0.4) is 0 Å². The number of nitrogens with zero attached hydrogens (tertiary/aromatic N) is 3. The highest BCUT2D eigenvalue weighted by atomic mass is 32.2. The molecular weight excluding hydrogens is 430 g/mol. The van der Waals surface area contributed by atoms with Gasteiger partial charge in [0.05, 0.1) is 11.5 Å². The van der Waals surface area contributed by atoms with Crippen LogP contribution in [-0.4, -0.2) is 67.1 Å². The molecule has 2 heterocycles. The molecule has 1 aromatic heterocycles. The van der Waals surface area contributed by atoms with E-state index < -0.39 is 20.9 Å². The first-order chi connectivity index (χ1) is 14.6.